The molecule has 1 aromatic carbocycles. The summed E-state index contributed by atoms with van der Waals surface area (Å²) in [5.74, 6) is 1.00. The minimum absolute atomic E-state index is 0.0505. The number of ether oxygens (including phenoxy) is 2. The molecule has 116 valence electrons. The predicted molar refractivity (Wildman–Crippen MR) is 79.6 cm³/mol. The summed E-state index contributed by atoms with van der Waals surface area (Å²) in [6.07, 6.45) is 0. The molecule has 0 saturated heterocycles. The standard InChI is InChI=1S/C14H15N3O4S/c1-8-4-11-12(21-7-20-11)6-13(8)22(18,19)17-14-15-9(2)5-10(3)16-14/h4-6H,7H2,1-3H3,(H,15,16,17). The van der Waals surface area contributed by atoms with Crippen molar-refractivity contribution in [3.63, 3.8) is 0 Å². The molecule has 1 aliphatic heterocycles. The summed E-state index contributed by atoms with van der Waals surface area (Å²) in [4.78, 5) is 8.29. The van der Waals surface area contributed by atoms with Crippen LogP contribution in [0.5, 0.6) is 11.5 Å². The maximum Gasteiger partial charge on any atom is 0.264 e. The Morgan fingerprint density at radius 2 is 1.59 bits per heavy atom. The smallest absolute Gasteiger partial charge is 0.264 e. The van der Waals surface area contributed by atoms with Crippen LogP contribution in [0.2, 0.25) is 0 Å². The van der Waals surface area contributed by atoms with Crippen LogP contribution in [0.3, 0.4) is 0 Å². The maximum atomic E-state index is 12.6. The van der Waals surface area contributed by atoms with Gasteiger partial charge in [-0.1, -0.05) is 0 Å². The number of sulfonamides is 1. The molecule has 1 aliphatic rings. The highest BCUT2D eigenvalue weighted by Crippen LogP contribution is 2.36. The van der Waals surface area contributed by atoms with Gasteiger partial charge in [0.15, 0.2) is 11.5 Å². The molecule has 0 unspecified atom stereocenters. The number of nitrogens with one attached hydrogen (secondary N) is 1. The fraction of sp³-hybridized carbons (Fsp3) is 0.286. The second-order valence-electron chi connectivity index (χ2n) is 5.05. The lowest BCUT2D eigenvalue weighted by molar-refractivity contribution is 0.174. The molecule has 8 heteroatoms. The first-order valence-electron chi connectivity index (χ1n) is 6.60. The number of fused-ring (bicyclic) bond motifs is 1. The van der Waals surface area contributed by atoms with Crippen molar-refractivity contribution in [1.29, 1.82) is 0 Å². The van der Waals surface area contributed by atoms with E-state index in [-0.39, 0.29) is 17.6 Å². The van der Waals surface area contributed by atoms with Gasteiger partial charge < -0.3 is 9.47 Å². The summed E-state index contributed by atoms with van der Waals surface area (Å²) >= 11 is 0. The van der Waals surface area contributed by atoms with Crippen LogP contribution >= 0.6 is 0 Å². The molecule has 0 fully saturated rings. The number of aromatic nitrogens is 2. The summed E-state index contributed by atoms with van der Waals surface area (Å²) in [7, 11) is -3.81. The van der Waals surface area contributed by atoms with E-state index in [2.05, 4.69) is 14.7 Å². The second kappa shape index (κ2) is 5.13. The van der Waals surface area contributed by atoms with E-state index < -0.39 is 10.0 Å². The molecule has 0 bridgehead atoms. The number of nitrogens with zero attached hydrogens (tertiary/aromatic N) is 2. The van der Waals surface area contributed by atoms with Crippen molar-refractivity contribution in [2.75, 3.05) is 11.5 Å². The Morgan fingerprint density at radius 1 is 1.00 bits per heavy atom. The minimum Gasteiger partial charge on any atom is -0.454 e. The van der Waals surface area contributed by atoms with Crippen LogP contribution in [0.25, 0.3) is 0 Å². The Kier molecular flexibility index (Phi) is 3.40. The molecule has 0 spiro atoms. The zero-order chi connectivity index (χ0) is 15.9. The van der Waals surface area contributed by atoms with E-state index in [9.17, 15) is 8.42 Å². The number of anilines is 1. The van der Waals surface area contributed by atoms with Crippen LogP contribution in [-0.2, 0) is 10.0 Å². The molecule has 2 aromatic rings. The largest absolute Gasteiger partial charge is 0.454 e. The van der Waals surface area contributed by atoms with Gasteiger partial charge in [0.1, 0.15) is 0 Å². The summed E-state index contributed by atoms with van der Waals surface area (Å²) in [5, 5.41) is 0. The quantitative estimate of drug-likeness (QED) is 0.929. The molecule has 1 N–H and O–H groups in total. The third-order valence-corrected chi connectivity index (χ3v) is 4.64. The Labute approximate surface area is 128 Å². The van der Waals surface area contributed by atoms with Crippen LogP contribution in [-0.4, -0.2) is 25.2 Å². The lowest BCUT2D eigenvalue weighted by Gasteiger charge is -2.11. The van der Waals surface area contributed by atoms with E-state index in [1.165, 1.54) is 6.07 Å². The lowest BCUT2D eigenvalue weighted by Crippen LogP contribution is -2.16. The third kappa shape index (κ3) is 2.69. The first-order chi connectivity index (χ1) is 10.3. The average molecular weight is 321 g/mol. The van der Waals surface area contributed by atoms with Crippen molar-refractivity contribution >= 4 is 16.0 Å². The van der Waals surface area contributed by atoms with E-state index in [1.54, 1.807) is 32.9 Å². The van der Waals surface area contributed by atoms with Crippen LogP contribution in [0.4, 0.5) is 5.95 Å². The molecular formula is C14H15N3O4S. The Morgan fingerprint density at radius 3 is 2.23 bits per heavy atom. The Hall–Kier alpha value is -2.35. The summed E-state index contributed by atoms with van der Waals surface area (Å²) < 4.78 is 38.0. The first kappa shape index (κ1) is 14.6. The Balaban J connectivity index is 2.00. The van der Waals surface area contributed by atoms with Crippen LogP contribution in [0, 0.1) is 20.8 Å². The zero-order valence-corrected chi connectivity index (χ0v) is 13.2. The molecule has 2 heterocycles. The van der Waals surface area contributed by atoms with Crippen LogP contribution in [0.1, 0.15) is 17.0 Å². The number of rotatable bonds is 3. The monoisotopic (exact) mass is 321 g/mol. The fourth-order valence-corrected chi connectivity index (χ4v) is 3.45. The van der Waals surface area contributed by atoms with Crippen molar-refractivity contribution in [2.24, 2.45) is 0 Å². The molecule has 22 heavy (non-hydrogen) atoms. The Bertz CT molecular complexity index is 829. The van der Waals surface area contributed by atoms with E-state index in [4.69, 9.17) is 9.47 Å². The van der Waals surface area contributed by atoms with Crippen LogP contribution in [0.15, 0.2) is 23.1 Å². The molecule has 0 saturated carbocycles. The van der Waals surface area contributed by atoms with Gasteiger partial charge in [0.25, 0.3) is 10.0 Å². The molecule has 0 aliphatic carbocycles. The van der Waals surface area contributed by atoms with Gasteiger partial charge in [-0.2, -0.15) is 0 Å². The van der Waals surface area contributed by atoms with Gasteiger partial charge in [0.05, 0.1) is 4.90 Å². The second-order valence-corrected chi connectivity index (χ2v) is 6.70. The van der Waals surface area contributed by atoms with Gasteiger partial charge in [0, 0.05) is 17.5 Å². The highest BCUT2D eigenvalue weighted by molar-refractivity contribution is 7.92. The first-order valence-corrected chi connectivity index (χ1v) is 8.09. The van der Waals surface area contributed by atoms with Gasteiger partial charge in [-0.05, 0) is 38.5 Å². The molecule has 0 atom stereocenters. The normalized spacial score (nSPS) is 13.2. The van der Waals surface area contributed by atoms with Crippen LogP contribution < -0.4 is 14.2 Å². The van der Waals surface area contributed by atoms with Gasteiger partial charge >= 0.3 is 0 Å². The van der Waals surface area contributed by atoms with Crippen molar-refractivity contribution < 1.29 is 17.9 Å². The van der Waals surface area contributed by atoms with Crippen molar-refractivity contribution in [3.05, 3.63) is 35.2 Å². The van der Waals surface area contributed by atoms with Gasteiger partial charge in [-0.3, -0.25) is 0 Å². The number of aryl methyl sites for hydroxylation is 3. The lowest BCUT2D eigenvalue weighted by atomic mass is 10.2. The third-order valence-electron chi connectivity index (χ3n) is 3.17. The molecular weight excluding hydrogens is 306 g/mol. The fourth-order valence-electron chi connectivity index (χ4n) is 2.26. The molecule has 3 rings (SSSR count). The number of hydrogen-bond donors (Lipinski definition) is 1. The number of hydrogen-bond acceptors (Lipinski definition) is 6. The predicted octanol–water partition coefficient (Wildman–Crippen LogP) is 1.93. The molecule has 0 radical (unpaired) electrons. The summed E-state index contributed by atoms with van der Waals surface area (Å²) in [6, 6.07) is 4.85. The maximum absolute atomic E-state index is 12.6. The van der Waals surface area contributed by atoms with Crippen molar-refractivity contribution in [2.45, 2.75) is 25.7 Å². The highest BCUT2D eigenvalue weighted by atomic mass is 32.2. The zero-order valence-electron chi connectivity index (χ0n) is 12.4. The number of benzene rings is 1. The van der Waals surface area contributed by atoms with E-state index in [1.807, 2.05) is 0 Å². The average Bonchev–Trinajstić information content (AvgIpc) is 2.82. The van der Waals surface area contributed by atoms with Crippen molar-refractivity contribution in [3.8, 4) is 11.5 Å². The van der Waals surface area contributed by atoms with E-state index in [0.717, 1.165) is 0 Å². The topological polar surface area (TPSA) is 90.4 Å². The van der Waals surface area contributed by atoms with Gasteiger partial charge in [-0.25, -0.2) is 23.1 Å². The molecule has 0 amide bonds. The highest BCUT2D eigenvalue weighted by Gasteiger charge is 2.24. The van der Waals surface area contributed by atoms with Gasteiger partial charge in [-0.15, -0.1) is 0 Å². The SMILES string of the molecule is Cc1cc(C)nc(NS(=O)(=O)c2cc3c(cc2C)OCO3)n1. The van der Waals surface area contributed by atoms with E-state index in [0.29, 0.717) is 28.5 Å². The molecule has 1 aromatic heterocycles. The minimum atomic E-state index is -3.81. The summed E-state index contributed by atoms with van der Waals surface area (Å²) in [5.41, 5.74) is 1.93. The van der Waals surface area contributed by atoms with E-state index >= 15 is 0 Å². The summed E-state index contributed by atoms with van der Waals surface area (Å²) in [6.45, 7) is 5.33. The van der Waals surface area contributed by atoms with Crippen molar-refractivity contribution in [1.82, 2.24) is 9.97 Å². The van der Waals surface area contributed by atoms with Gasteiger partial charge in [0.2, 0.25) is 12.7 Å². The molecule has 7 nitrogen and oxygen atoms in total.